The molecule has 0 radical (unpaired) electrons. The molecule has 2 nitrogen and oxygen atoms in total. The number of ether oxygens (including phenoxy) is 1. The fourth-order valence-electron chi connectivity index (χ4n) is 3.45. The van der Waals surface area contributed by atoms with E-state index in [0.29, 0.717) is 13.2 Å². The third-order valence-electron chi connectivity index (χ3n) is 5.16. The molecule has 0 heterocycles. The van der Waals surface area contributed by atoms with Crippen molar-refractivity contribution in [2.75, 3.05) is 6.61 Å². The van der Waals surface area contributed by atoms with Gasteiger partial charge in [-0.15, -0.1) is 0 Å². The van der Waals surface area contributed by atoms with Gasteiger partial charge in [0, 0.05) is 0 Å². The van der Waals surface area contributed by atoms with Crippen molar-refractivity contribution in [1.82, 2.24) is 0 Å². The van der Waals surface area contributed by atoms with Crippen molar-refractivity contribution in [2.45, 2.75) is 85.3 Å². The maximum atomic E-state index is 10.4. The molecule has 0 unspecified atom stereocenters. The first-order valence-electron chi connectivity index (χ1n) is 10.6. The van der Waals surface area contributed by atoms with Gasteiger partial charge in [0.2, 0.25) is 0 Å². The second-order valence-corrected chi connectivity index (χ2v) is 20.6. The van der Waals surface area contributed by atoms with Crippen molar-refractivity contribution >= 4 is 18.4 Å². The summed E-state index contributed by atoms with van der Waals surface area (Å²) in [7, 11) is 0. The van der Waals surface area contributed by atoms with Crippen LogP contribution in [0, 0.1) is 0 Å². The van der Waals surface area contributed by atoms with Crippen LogP contribution in [0.5, 0.6) is 0 Å². The van der Waals surface area contributed by atoms with Crippen molar-refractivity contribution in [3.05, 3.63) is 46.1 Å². The van der Waals surface area contributed by atoms with E-state index in [2.05, 4.69) is 43.1 Å². The molecule has 1 rings (SSSR count). The summed E-state index contributed by atoms with van der Waals surface area (Å²) in [5, 5.41) is 10.4. The van der Waals surface area contributed by atoms with Crippen LogP contribution in [0.2, 0.25) is 13.3 Å². The summed E-state index contributed by atoms with van der Waals surface area (Å²) < 4.78 is 12.6. The molecule has 0 aromatic heterocycles. The summed E-state index contributed by atoms with van der Waals surface area (Å²) in [6, 6.07) is 10.2. The van der Waals surface area contributed by atoms with Crippen LogP contribution in [-0.2, 0) is 11.3 Å². The number of aliphatic hydroxyl groups excluding tert-OH is 1. The zero-order valence-corrected chi connectivity index (χ0v) is 20.1. The Morgan fingerprint density at radius 3 is 1.96 bits per heavy atom. The Hall–Kier alpha value is -0.321. The van der Waals surface area contributed by atoms with Gasteiger partial charge in [-0.05, 0) is 0 Å². The van der Waals surface area contributed by atoms with Crippen molar-refractivity contribution in [1.29, 1.82) is 0 Å². The van der Waals surface area contributed by atoms with Crippen molar-refractivity contribution < 1.29 is 9.84 Å². The minimum absolute atomic E-state index is 0.392. The van der Waals surface area contributed by atoms with E-state index in [9.17, 15) is 5.11 Å². The molecule has 0 aliphatic rings. The minimum atomic E-state index is -2.28. The van der Waals surface area contributed by atoms with E-state index in [1.807, 2.05) is 18.2 Å². The number of rotatable bonds is 15. The first-order chi connectivity index (χ1) is 12.7. The van der Waals surface area contributed by atoms with Crippen LogP contribution in [0.15, 0.2) is 40.5 Å². The number of benzene rings is 1. The van der Waals surface area contributed by atoms with Gasteiger partial charge in [-0.25, -0.2) is 0 Å². The van der Waals surface area contributed by atoms with Gasteiger partial charge in [-0.1, -0.05) is 0 Å². The van der Waals surface area contributed by atoms with Crippen LogP contribution in [0.3, 0.4) is 0 Å². The Labute approximate surface area is 165 Å². The molecule has 0 spiro atoms. The second kappa shape index (κ2) is 14.7. The zero-order valence-electron chi connectivity index (χ0n) is 17.3. The molecule has 0 fully saturated rings. The molecule has 0 amide bonds. The number of aliphatic hydroxyl groups is 1. The molecular weight excluding hydrogens is 427 g/mol. The molecule has 3 heteroatoms. The van der Waals surface area contributed by atoms with Gasteiger partial charge in [0.25, 0.3) is 0 Å². The molecular formula is C23H40O2Sn. The van der Waals surface area contributed by atoms with Crippen LogP contribution >= 0.6 is 0 Å². The predicted molar refractivity (Wildman–Crippen MR) is 116 cm³/mol. The summed E-state index contributed by atoms with van der Waals surface area (Å²) in [4.78, 5) is 0. The van der Waals surface area contributed by atoms with Gasteiger partial charge in [-0.2, -0.15) is 0 Å². The van der Waals surface area contributed by atoms with Gasteiger partial charge in [0.05, 0.1) is 0 Å². The van der Waals surface area contributed by atoms with Crippen LogP contribution in [0.1, 0.15) is 64.9 Å². The van der Waals surface area contributed by atoms with E-state index in [1.165, 1.54) is 51.8 Å². The zero-order chi connectivity index (χ0) is 19.1. The Balaban J connectivity index is 2.60. The summed E-state index contributed by atoms with van der Waals surface area (Å²) in [5.41, 5.74) is 1.16. The summed E-state index contributed by atoms with van der Waals surface area (Å²) in [6.07, 6.45) is 9.54. The SMILES string of the molecule is CCC[CH2][Sn](/[CH]=C/[C@@H](O)COCc1ccccc1)([CH2]CCC)[CH2]CCC. The average molecular weight is 467 g/mol. The normalized spacial score (nSPS) is 13.4. The number of hydrogen-bond acceptors (Lipinski definition) is 2. The fourth-order valence-corrected chi connectivity index (χ4v) is 17.9. The van der Waals surface area contributed by atoms with E-state index in [1.54, 1.807) is 0 Å². The van der Waals surface area contributed by atoms with Gasteiger partial charge < -0.3 is 0 Å². The quantitative estimate of drug-likeness (QED) is 0.298. The molecule has 0 aliphatic heterocycles. The van der Waals surface area contributed by atoms with Gasteiger partial charge >= 0.3 is 166 Å². The monoisotopic (exact) mass is 468 g/mol. The average Bonchev–Trinajstić information content (AvgIpc) is 2.68. The molecule has 1 aromatic carbocycles. The van der Waals surface area contributed by atoms with Crippen molar-refractivity contribution in [3.8, 4) is 0 Å². The van der Waals surface area contributed by atoms with Crippen LogP contribution in [0.4, 0.5) is 0 Å². The standard InChI is InChI=1S/C11H13O2.3C4H9.Sn/c1-2-11(12)9-13-8-10-6-4-3-5-7-10;3*1-3-4-2;/h1-7,11-12H,8-9H2;3*1,3-4H2,2H3;/t11-;;;;/m1..../s1. The van der Waals surface area contributed by atoms with E-state index in [4.69, 9.17) is 4.74 Å². The Morgan fingerprint density at radius 2 is 1.46 bits per heavy atom. The van der Waals surface area contributed by atoms with Gasteiger partial charge in [0.1, 0.15) is 0 Å². The Morgan fingerprint density at radius 1 is 0.923 bits per heavy atom. The van der Waals surface area contributed by atoms with E-state index < -0.39 is 24.5 Å². The summed E-state index contributed by atoms with van der Waals surface area (Å²) >= 11 is -2.28. The fraction of sp³-hybridized carbons (Fsp3) is 0.652. The van der Waals surface area contributed by atoms with E-state index in [0.717, 1.165) is 5.56 Å². The second-order valence-electron chi connectivity index (χ2n) is 7.60. The van der Waals surface area contributed by atoms with Gasteiger partial charge in [0.15, 0.2) is 0 Å². The van der Waals surface area contributed by atoms with Crippen LogP contribution < -0.4 is 0 Å². The molecule has 0 bridgehead atoms. The van der Waals surface area contributed by atoms with Crippen LogP contribution in [0.25, 0.3) is 0 Å². The number of hydrogen-bond donors (Lipinski definition) is 1. The molecule has 1 N–H and O–H groups in total. The summed E-state index contributed by atoms with van der Waals surface area (Å²) in [5.74, 6) is 0. The topological polar surface area (TPSA) is 29.5 Å². The molecule has 0 aliphatic carbocycles. The van der Waals surface area contributed by atoms with E-state index >= 15 is 0 Å². The third kappa shape index (κ3) is 10.1. The molecule has 0 saturated carbocycles. The Kier molecular flexibility index (Phi) is 13.4. The molecule has 0 saturated heterocycles. The Bertz CT molecular complexity index is 451. The molecule has 148 valence electrons. The van der Waals surface area contributed by atoms with E-state index in [-0.39, 0.29) is 0 Å². The van der Waals surface area contributed by atoms with Crippen molar-refractivity contribution in [3.63, 3.8) is 0 Å². The number of unbranched alkanes of at least 4 members (excludes halogenated alkanes) is 3. The maximum absolute atomic E-state index is 10.4. The predicted octanol–water partition coefficient (Wildman–Crippen LogP) is 6.51. The van der Waals surface area contributed by atoms with Crippen LogP contribution in [-0.4, -0.2) is 36.2 Å². The third-order valence-corrected chi connectivity index (χ3v) is 19.3. The summed E-state index contributed by atoms with van der Waals surface area (Å²) in [6.45, 7) is 7.86. The first-order valence-corrected chi connectivity index (χ1v) is 18.3. The molecule has 26 heavy (non-hydrogen) atoms. The van der Waals surface area contributed by atoms with Crippen molar-refractivity contribution in [2.24, 2.45) is 0 Å². The molecule has 1 aromatic rings. The molecule has 1 atom stereocenters. The first kappa shape index (κ1) is 23.7. The van der Waals surface area contributed by atoms with Gasteiger partial charge in [-0.3, -0.25) is 0 Å².